The van der Waals surface area contributed by atoms with E-state index in [-0.39, 0.29) is 11.5 Å². The van der Waals surface area contributed by atoms with Crippen molar-refractivity contribution in [3.8, 4) is 11.4 Å². The number of aryl methyl sites for hydroxylation is 3. The van der Waals surface area contributed by atoms with Crippen LogP contribution in [0.25, 0.3) is 11.4 Å². The molecular formula is C17H21N5O2S. The van der Waals surface area contributed by atoms with Gasteiger partial charge in [0.15, 0.2) is 21.5 Å². The Morgan fingerprint density at radius 2 is 1.92 bits per heavy atom. The number of hydrogen-bond acceptors (Lipinski definition) is 5. The van der Waals surface area contributed by atoms with Gasteiger partial charge in [0.05, 0.1) is 11.9 Å². The van der Waals surface area contributed by atoms with Gasteiger partial charge in [-0.05, 0) is 18.9 Å². The third-order valence-corrected chi connectivity index (χ3v) is 5.42. The first kappa shape index (κ1) is 17.3. The van der Waals surface area contributed by atoms with Crippen molar-refractivity contribution in [2.45, 2.75) is 25.6 Å². The maximum absolute atomic E-state index is 12.4. The number of sulfone groups is 1. The summed E-state index contributed by atoms with van der Waals surface area (Å²) in [7, 11) is -1.52. The van der Waals surface area contributed by atoms with Crippen LogP contribution >= 0.6 is 0 Å². The smallest absolute Gasteiger partial charge is 0.166 e. The molecule has 1 aromatic carbocycles. The summed E-state index contributed by atoms with van der Waals surface area (Å²) in [6, 6.07) is 9.60. The van der Waals surface area contributed by atoms with E-state index in [1.807, 2.05) is 43.5 Å². The monoisotopic (exact) mass is 359 g/mol. The lowest BCUT2D eigenvalue weighted by molar-refractivity contribution is 0.592. The molecule has 0 radical (unpaired) electrons. The number of rotatable bonds is 7. The molecule has 7 nitrogen and oxygen atoms in total. The quantitative estimate of drug-likeness (QED) is 0.643. The van der Waals surface area contributed by atoms with Crippen LogP contribution in [0.1, 0.15) is 18.3 Å². The van der Waals surface area contributed by atoms with Gasteiger partial charge in [-0.3, -0.25) is 4.68 Å². The molecule has 132 valence electrons. The molecule has 0 aliphatic rings. The molecule has 0 aliphatic heterocycles. The number of benzene rings is 1. The highest BCUT2D eigenvalue weighted by atomic mass is 32.2. The standard InChI is InChI=1S/C17H21N5O2S/c1-3-22-12-14(11-18-22)9-10-25(23,24)13-16-19-17(21(2)20-16)15-7-5-4-6-8-15/h4-8,11-12H,3,9-10,13H2,1-2H3. The second-order valence-electron chi connectivity index (χ2n) is 5.89. The molecule has 0 amide bonds. The normalized spacial score (nSPS) is 11.8. The van der Waals surface area contributed by atoms with Crippen molar-refractivity contribution in [3.63, 3.8) is 0 Å². The Kier molecular flexibility index (Phi) is 4.98. The topological polar surface area (TPSA) is 82.7 Å². The first-order valence-corrected chi connectivity index (χ1v) is 9.96. The van der Waals surface area contributed by atoms with E-state index in [1.165, 1.54) is 0 Å². The molecule has 0 fully saturated rings. The Bertz CT molecular complexity index is 945. The molecule has 25 heavy (non-hydrogen) atoms. The van der Waals surface area contributed by atoms with E-state index < -0.39 is 9.84 Å². The van der Waals surface area contributed by atoms with Crippen LogP contribution in [0.15, 0.2) is 42.7 Å². The van der Waals surface area contributed by atoms with E-state index in [9.17, 15) is 8.42 Å². The zero-order valence-corrected chi connectivity index (χ0v) is 15.1. The highest BCUT2D eigenvalue weighted by molar-refractivity contribution is 7.90. The van der Waals surface area contributed by atoms with E-state index in [1.54, 1.807) is 22.6 Å². The predicted molar refractivity (Wildman–Crippen MR) is 95.5 cm³/mol. The van der Waals surface area contributed by atoms with Crippen LogP contribution in [-0.2, 0) is 35.6 Å². The molecule has 0 bridgehead atoms. The Balaban J connectivity index is 1.68. The van der Waals surface area contributed by atoms with E-state index in [2.05, 4.69) is 15.2 Å². The van der Waals surface area contributed by atoms with Crippen LogP contribution in [-0.4, -0.2) is 38.7 Å². The molecule has 3 aromatic rings. The van der Waals surface area contributed by atoms with Gasteiger partial charge in [0.2, 0.25) is 0 Å². The molecule has 0 saturated heterocycles. The molecule has 0 aliphatic carbocycles. The summed E-state index contributed by atoms with van der Waals surface area (Å²) in [5.41, 5.74) is 1.83. The summed E-state index contributed by atoms with van der Waals surface area (Å²) in [4.78, 5) is 4.39. The Hall–Kier alpha value is -2.48. The fourth-order valence-corrected chi connectivity index (χ4v) is 3.79. The van der Waals surface area contributed by atoms with E-state index in [4.69, 9.17) is 0 Å². The summed E-state index contributed by atoms with van der Waals surface area (Å²) in [6.45, 7) is 2.76. The molecule has 0 unspecified atom stereocenters. The third kappa shape index (κ3) is 4.33. The van der Waals surface area contributed by atoms with E-state index in [0.29, 0.717) is 18.1 Å². The fraction of sp³-hybridized carbons (Fsp3) is 0.353. The summed E-state index contributed by atoms with van der Waals surface area (Å²) in [6.07, 6.45) is 4.04. The number of aromatic nitrogens is 5. The minimum absolute atomic E-state index is 0.0569. The van der Waals surface area contributed by atoms with Gasteiger partial charge < -0.3 is 0 Å². The van der Waals surface area contributed by atoms with Gasteiger partial charge >= 0.3 is 0 Å². The fourth-order valence-electron chi connectivity index (χ4n) is 2.59. The summed E-state index contributed by atoms with van der Waals surface area (Å²) in [5.74, 6) is 0.886. The maximum atomic E-state index is 12.4. The van der Waals surface area contributed by atoms with Crippen molar-refractivity contribution in [1.29, 1.82) is 0 Å². The Morgan fingerprint density at radius 1 is 1.16 bits per heavy atom. The van der Waals surface area contributed by atoms with Crippen molar-refractivity contribution in [3.05, 3.63) is 54.1 Å². The minimum atomic E-state index is -3.29. The van der Waals surface area contributed by atoms with Crippen molar-refractivity contribution < 1.29 is 8.42 Å². The average Bonchev–Trinajstić information content (AvgIpc) is 3.20. The van der Waals surface area contributed by atoms with Crippen LogP contribution in [0.2, 0.25) is 0 Å². The molecule has 2 aromatic heterocycles. The van der Waals surface area contributed by atoms with Gasteiger partial charge in [-0.2, -0.15) is 10.2 Å². The summed E-state index contributed by atoms with van der Waals surface area (Å²) >= 11 is 0. The lowest BCUT2D eigenvalue weighted by atomic mass is 10.2. The molecule has 3 rings (SSSR count). The first-order valence-electron chi connectivity index (χ1n) is 8.14. The summed E-state index contributed by atoms with van der Waals surface area (Å²) < 4.78 is 28.2. The van der Waals surface area contributed by atoms with Crippen LogP contribution in [0.5, 0.6) is 0 Å². The van der Waals surface area contributed by atoms with Crippen molar-refractivity contribution in [2.24, 2.45) is 7.05 Å². The van der Waals surface area contributed by atoms with Gasteiger partial charge in [0.1, 0.15) is 5.75 Å². The molecule has 0 saturated carbocycles. The van der Waals surface area contributed by atoms with Crippen LogP contribution < -0.4 is 0 Å². The van der Waals surface area contributed by atoms with Gasteiger partial charge in [0, 0.05) is 25.4 Å². The first-order chi connectivity index (χ1) is 12.0. The largest absolute Gasteiger partial charge is 0.273 e. The number of nitrogens with zero attached hydrogens (tertiary/aromatic N) is 5. The molecular weight excluding hydrogens is 338 g/mol. The Morgan fingerprint density at radius 3 is 2.60 bits per heavy atom. The molecule has 8 heteroatoms. The second-order valence-corrected chi connectivity index (χ2v) is 8.07. The van der Waals surface area contributed by atoms with Crippen LogP contribution in [0.4, 0.5) is 0 Å². The zero-order chi connectivity index (χ0) is 17.9. The van der Waals surface area contributed by atoms with Gasteiger partial charge in [-0.15, -0.1) is 0 Å². The lowest BCUT2D eigenvalue weighted by Gasteiger charge is -2.00. The van der Waals surface area contributed by atoms with Gasteiger partial charge in [-0.25, -0.2) is 18.1 Å². The highest BCUT2D eigenvalue weighted by Gasteiger charge is 2.18. The van der Waals surface area contributed by atoms with Gasteiger partial charge in [0.25, 0.3) is 0 Å². The van der Waals surface area contributed by atoms with Crippen LogP contribution in [0.3, 0.4) is 0 Å². The molecule has 2 heterocycles. The van der Waals surface area contributed by atoms with E-state index in [0.717, 1.165) is 17.7 Å². The predicted octanol–water partition coefficient (Wildman–Crippen LogP) is 1.86. The van der Waals surface area contributed by atoms with Crippen molar-refractivity contribution in [2.75, 3.05) is 5.75 Å². The maximum Gasteiger partial charge on any atom is 0.166 e. The SMILES string of the molecule is CCn1cc(CCS(=O)(=O)Cc2nc(-c3ccccc3)n(C)n2)cn1. The molecule has 0 atom stereocenters. The average molecular weight is 359 g/mol. The summed E-state index contributed by atoms with van der Waals surface area (Å²) in [5, 5.41) is 8.42. The lowest BCUT2D eigenvalue weighted by Crippen LogP contribution is -2.12. The van der Waals surface area contributed by atoms with Crippen molar-refractivity contribution in [1.82, 2.24) is 24.5 Å². The van der Waals surface area contributed by atoms with Crippen LogP contribution in [0, 0.1) is 0 Å². The third-order valence-electron chi connectivity index (χ3n) is 3.90. The number of hydrogen-bond donors (Lipinski definition) is 0. The highest BCUT2D eigenvalue weighted by Crippen LogP contribution is 2.17. The van der Waals surface area contributed by atoms with E-state index >= 15 is 0 Å². The molecule has 0 spiro atoms. The van der Waals surface area contributed by atoms with Crippen molar-refractivity contribution >= 4 is 9.84 Å². The van der Waals surface area contributed by atoms with Gasteiger partial charge in [-0.1, -0.05) is 30.3 Å². The Labute approximate surface area is 147 Å². The minimum Gasteiger partial charge on any atom is -0.273 e. The second kappa shape index (κ2) is 7.18. The molecule has 0 N–H and O–H groups in total. The zero-order valence-electron chi connectivity index (χ0n) is 14.3.